The fourth-order valence-corrected chi connectivity index (χ4v) is 3.86. The number of rotatable bonds is 4. The molecule has 2 aliphatic heterocycles. The van der Waals surface area contributed by atoms with Crippen molar-refractivity contribution in [3.8, 4) is 0 Å². The van der Waals surface area contributed by atoms with Gasteiger partial charge in [-0.2, -0.15) is 5.11 Å². The van der Waals surface area contributed by atoms with E-state index in [1.807, 2.05) is 0 Å². The third-order valence-corrected chi connectivity index (χ3v) is 5.53. The maximum atomic E-state index is 4.62. The zero-order valence-corrected chi connectivity index (χ0v) is 16.6. The van der Waals surface area contributed by atoms with Crippen molar-refractivity contribution >= 4 is 28.4 Å². The Bertz CT molecular complexity index is 823. The van der Waals surface area contributed by atoms with Crippen LogP contribution >= 0.6 is 0 Å². The zero-order valence-electron chi connectivity index (χ0n) is 16.6. The van der Waals surface area contributed by atoms with Gasteiger partial charge in [-0.25, -0.2) is 0 Å². The molecule has 1 fully saturated rings. The van der Waals surface area contributed by atoms with Crippen LogP contribution in [0.2, 0.25) is 0 Å². The van der Waals surface area contributed by atoms with Gasteiger partial charge >= 0.3 is 0 Å². The molecule has 0 aliphatic carbocycles. The van der Waals surface area contributed by atoms with E-state index in [2.05, 4.69) is 100 Å². The van der Waals surface area contributed by atoms with Crippen LogP contribution in [-0.2, 0) is 0 Å². The maximum absolute atomic E-state index is 4.62. The van der Waals surface area contributed by atoms with E-state index in [9.17, 15) is 0 Å². The van der Waals surface area contributed by atoms with Crippen molar-refractivity contribution in [3.63, 3.8) is 0 Å². The predicted octanol–water partition coefficient (Wildman–Crippen LogP) is 4.31. The minimum Gasteiger partial charge on any atom is -0.378 e. The molecule has 0 aromatic heterocycles. The Morgan fingerprint density at radius 1 is 0.889 bits per heavy atom. The summed E-state index contributed by atoms with van der Waals surface area (Å²) >= 11 is 0. The molecule has 1 atom stereocenters. The van der Waals surface area contributed by atoms with Crippen LogP contribution in [0.4, 0.5) is 28.4 Å². The van der Waals surface area contributed by atoms with E-state index in [-0.39, 0.29) is 6.29 Å². The number of azo groups is 1. The average Bonchev–Trinajstić information content (AvgIpc) is 3.29. The SMILES string of the molecule is CN(C)c1ccc2c(c1)N(C)C(N=Nc1ccc(N3CCCC3)cc1)N2C. The van der Waals surface area contributed by atoms with Crippen molar-refractivity contribution < 1.29 is 0 Å². The van der Waals surface area contributed by atoms with E-state index < -0.39 is 0 Å². The summed E-state index contributed by atoms with van der Waals surface area (Å²) in [6.45, 7) is 2.32. The van der Waals surface area contributed by atoms with E-state index in [0.29, 0.717) is 0 Å². The molecule has 0 bridgehead atoms. The number of fused-ring (bicyclic) bond motifs is 1. The Morgan fingerprint density at radius 2 is 1.56 bits per heavy atom. The van der Waals surface area contributed by atoms with Gasteiger partial charge < -0.3 is 19.6 Å². The molecule has 6 heteroatoms. The highest BCUT2D eigenvalue weighted by Gasteiger charge is 2.31. The molecule has 2 aromatic carbocycles. The van der Waals surface area contributed by atoms with Gasteiger partial charge in [0.05, 0.1) is 17.1 Å². The van der Waals surface area contributed by atoms with Gasteiger partial charge in [0.1, 0.15) is 0 Å². The Kier molecular flexibility index (Phi) is 4.64. The fraction of sp³-hybridized carbons (Fsp3) is 0.429. The molecule has 0 spiro atoms. The molecule has 142 valence electrons. The lowest BCUT2D eigenvalue weighted by molar-refractivity contribution is 0.649. The first-order chi connectivity index (χ1) is 13.0. The smallest absolute Gasteiger partial charge is 0.218 e. The van der Waals surface area contributed by atoms with E-state index in [1.165, 1.54) is 35.6 Å². The highest BCUT2D eigenvalue weighted by atomic mass is 15.5. The molecule has 0 radical (unpaired) electrons. The molecule has 1 unspecified atom stereocenters. The van der Waals surface area contributed by atoms with E-state index in [0.717, 1.165) is 18.8 Å². The van der Waals surface area contributed by atoms with Gasteiger partial charge in [-0.15, -0.1) is 5.11 Å². The quantitative estimate of drug-likeness (QED) is 0.758. The summed E-state index contributed by atoms with van der Waals surface area (Å²) < 4.78 is 0. The molecular formula is C21H28N6. The molecule has 4 rings (SSSR count). The predicted molar refractivity (Wildman–Crippen MR) is 114 cm³/mol. The summed E-state index contributed by atoms with van der Waals surface area (Å²) in [6.07, 6.45) is 2.45. The van der Waals surface area contributed by atoms with Crippen LogP contribution < -0.4 is 19.6 Å². The van der Waals surface area contributed by atoms with Crippen molar-refractivity contribution in [3.05, 3.63) is 42.5 Å². The number of benzene rings is 2. The Morgan fingerprint density at radius 3 is 2.22 bits per heavy atom. The van der Waals surface area contributed by atoms with Crippen LogP contribution in [0.15, 0.2) is 52.7 Å². The molecule has 2 heterocycles. The molecule has 2 aliphatic rings. The lowest BCUT2D eigenvalue weighted by atomic mass is 10.2. The Hall–Kier alpha value is -2.76. The molecular weight excluding hydrogens is 336 g/mol. The first kappa shape index (κ1) is 17.6. The van der Waals surface area contributed by atoms with Crippen molar-refractivity contribution in [2.75, 3.05) is 60.9 Å². The number of nitrogens with zero attached hydrogens (tertiary/aromatic N) is 6. The molecule has 1 saturated heterocycles. The van der Waals surface area contributed by atoms with Gasteiger partial charge in [0.15, 0.2) is 0 Å². The first-order valence-corrected chi connectivity index (χ1v) is 9.57. The molecule has 2 aromatic rings. The van der Waals surface area contributed by atoms with Gasteiger partial charge in [0, 0.05) is 52.7 Å². The summed E-state index contributed by atoms with van der Waals surface area (Å²) in [5.74, 6) is 0. The van der Waals surface area contributed by atoms with Crippen molar-refractivity contribution in [1.82, 2.24) is 0 Å². The molecule has 0 amide bonds. The summed E-state index contributed by atoms with van der Waals surface area (Å²) in [6, 6.07) is 14.9. The Balaban J connectivity index is 1.50. The van der Waals surface area contributed by atoms with Crippen LogP contribution in [-0.4, -0.2) is 47.6 Å². The van der Waals surface area contributed by atoms with Gasteiger partial charge in [-0.1, -0.05) is 0 Å². The van der Waals surface area contributed by atoms with Gasteiger partial charge in [-0.05, 0) is 55.3 Å². The Labute approximate surface area is 161 Å². The average molecular weight is 364 g/mol. The largest absolute Gasteiger partial charge is 0.378 e. The summed E-state index contributed by atoms with van der Waals surface area (Å²) in [7, 11) is 8.26. The highest BCUT2D eigenvalue weighted by Crippen LogP contribution is 2.40. The molecule has 27 heavy (non-hydrogen) atoms. The van der Waals surface area contributed by atoms with Crippen LogP contribution in [0.3, 0.4) is 0 Å². The summed E-state index contributed by atoms with van der Waals surface area (Å²) in [4.78, 5) is 8.88. The summed E-state index contributed by atoms with van der Waals surface area (Å²) in [5.41, 5.74) is 5.72. The lowest BCUT2D eigenvalue weighted by Crippen LogP contribution is -2.36. The molecule has 6 nitrogen and oxygen atoms in total. The second-order valence-corrected chi connectivity index (χ2v) is 7.56. The minimum atomic E-state index is -0.129. The van der Waals surface area contributed by atoms with Crippen LogP contribution in [0, 0.1) is 0 Å². The molecule has 0 saturated carbocycles. The van der Waals surface area contributed by atoms with Crippen molar-refractivity contribution in [1.29, 1.82) is 0 Å². The first-order valence-electron chi connectivity index (χ1n) is 9.57. The van der Waals surface area contributed by atoms with Crippen LogP contribution in [0.1, 0.15) is 12.8 Å². The van der Waals surface area contributed by atoms with Gasteiger partial charge in [-0.3, -0.25) is 0 Å². The van der Waals surface area contributed by atoms with E-state index in [4.69, 9.17) is 0 Å². The molecule has 0 N–H and O–H groups in total. The lowest BCUT2D eigenvalue weighted by Gasteiger charge is -2.22. The monoisotopic (exact) mass is 364 g/mol. The van der Waals surface area contributed by atoms with E-state index in [1.54, 1.807) is 0 Å². The third kappa shape index (κ3) is 3.31. The van der Waals surface area contributed by atoms with Gasteiger partial charge in [0.2, 0.25) is 6.29 Å². The minimum absolute atomic E-state index is 0.129. The van der Waals surface area contributed by atoms with Gasteiger partial charge in [0.25, 0.3) is 0 Å². The highest BCUT2D eigenvalue weighted by molar-refractivity contribution is 5.80. The van der Waals surface area contributed by atoms with Crippen molar-refractivity contribution in [2.45, 2.75) is 19.1 Å². The number of hydrogen-bond donors (Lipinski definition) is 0. The van der Waals surface area contributed by atoms with Crippen LogP contribution in [0.5, 0.6) is 0 Å². The third-order valence-electron chi connectivity index (χ3n) is 5.53. The normalized spacial score (nSPS) is 19.3. The van der Waals surface area contributed by atoms with Crippen LogP contribution in [0.25, 0.3) is 0 Å². The summed E-state index contributed by atoms with van der Waals surface area (Å²) in [5, 5.41) is 9.13. The maximum Gasteiger partial charge on any atom is 0.218 e. The topological polar surface area (TPSA) is 37.7 Å². The number of hydrogen-bond acceptors (Lipinski definition) is 6. The number of anilines is 4. The standard InChI is InChI=1S/C21H28N6/c1-24(2)18-11-12-19-20(15-18)26(4)21(25(19)3)23-22-16-7-9-17(10-8-16)27-13-5-6-14-27/h7-12,15,21H,5-6,13-14H2,1-4H3. The fourth-order valence-electron chi connectivity index (χ4n) is 3.86. The zero-order chi connectivity index (χ0) is 19.0. The van der Waals surface area contributed by atoms with Crippen molar-refractivity contribution in [2.24, 2.45) is 10.2 Å². The second-order valence-electron chi connectivity index (χ2n) is 7.56. The second kappa shape index (κ2) is 7.10. The van der Waals surface area contributed by atoms with E-state index >= 15 is 0 Å².